The predicted octanol–water partition coefficient (Wildman–Crippen LogP) is 3.18. The molecule has 25 heavy (non-hydrogen) atoms. The molecule has 0 amide bonds. The fraction of sp³-hybridized carbons (Fsp3) is 0.947. The maximum atomic E-state index is 5.79. The molecule has 2 N–H and O–H groups in total. The van der Waals surface area contributed by atoms with Crippen LogP contribution in [0.15, 0.2) is 4.99 Å². The average Bonchev–Trinajstić information content (AvgIpc) is 3.32. The van der Waals surface area contributed by atoms with Gasteiger partial charge in [-0.2, -0.15) is 0 Å². The number of aliphatic imine (C=N–C) groups is 1. The van der Waals surface area contributed by atoms with Crippen LogP contribution in [0.5, 0.6) is 0 Å². The Morgan fingerprint density at radius 3 is 2.80 bits per heavy atom. The van der Waals surface area contributed by atoms with E-state index in [1.807, 2.05) is 0 Å². The van der Waals surface area contributed by atoms with Crippen LogP contribution in [0.1, 0.15) is 51.9 Å². The third-order valence-electron chi connectivity index (χ3n) is 5.85. The van der Waals surface area contributed by atoms with E-state index in [2.05, 4.69) is 22.5 Å². The van der Waals surface area contributed by atoms with Crippen molar-refractivity contribution in [3.05, 3.63) is 0 Å². The molecule has 0 spiro atoms. The van der Waals surface area contributed by atoms with Crippen LogP contribution in [0.3, 0.4) is 0 Å². The largest absolute Gasteiger partial charge is 0.379 e. The van der Waals surface area contributed by atoms with Crippen molar-refractivity contribution >= 4 is 29.9 Å². The molecule has 5 nitrogen and oxygen atoms in total. The van der Waals surface area contributed by atoms with Crippen LogP contribution in [0.4, 0.5) is 0 Å². The van der Waals surface area contributed by atoms with E-state index < -0.39 is 0 Å². The van der Waals surface area contributed by atoms with Crippen LogP contribution in [0.25, 0.3) is 0 Å². The number of guanidine groups is 1. The second-order valence-corrected chi connectivity index (χ2v) is 7.62. The summed E-state index contributed by atoms with van der Waals surface area (Å²) < 4.78 is 11.1. The standard InChI is InChI=1S/C19H35N3O2.HI/c1-2-20-19(21-8-3-10-24-18-7-11-23-14-18)22-9-6-17-13-15-4-5-16(17)12-15;/h15-18H,2-14H2,1H3,(H2,20,21,22);1H. The van der Waals surface area contributed by atoms with Crippen molar-refractivity contribution in [2.24, 2.45) is 22.7 Å². The number of fused-ring (bicyclic) bond motifs is 2. The zero-order valence-corrected chi connectivity index (χ0v) is 18.0. The summed E-state index contributed by atoms with van der Waals surface area (Å²) in [6.07, 6.45) is 9.57. The first-order valence-electron chi connectivity index (χ1n) is 10.1. The topological polar surface area (TPSA) is 54.9 Å². The minimum atomic E-state index is 0. The minimum absolute atomic E-state index is 0. The lowest BCUT2D eigenvalue weighted by molar-refractivity contribution is 0.0424. The fourth-order valence-corrected chi connectivity index (χ4v) is 4.60. The Morgan fingerprint density at radius 2 is 2.12 bits per heavy atom. The number of rotatable bonds is 9. The van der Waals surface area contributed by atoms with Gasteiger partial charge in [0.05, 0.1) is 12.7 Å². The highest BCUT2D eigenvalue weighted by Crippen LogP contribution is 2.49. The number of halogens is 1. The first-order valence-corrected chi connectivity index (χ1v) is 10.1. The molecule has 0 aromatic carbocycles. The predicted molar refractivity (Wildman–Crippen MR) is 113 cm³/mol. The van der Waals surface area contributed by atoms with Crippen LogP contribution in [0, 0.1) is 17.8 Å². The monoisotopic (exact) mass is 465 g/mol. The van der Waals surface area contributed by atoms with E-state index in [-0.39, 0.29) is 24.0 Å². The van der Waals surface area contributed by atoms with Gasteiger partial charge in [-0.15, -0.1) is 24.0 Å². The molecular formula is C19H36IN3O2. The highest BCUT2D eigenvalue weighted by molar-refractivity contribution is 14.0. The van der Waals surface area contributed by atoms with Gasteiger partial charge in [-0.1, -0.05) is 6.42 Å². The van der Waals surface area contributed by atoms with Crippen molar-refractivity contribution in [3.8, 4) is 0 Å². The van der Waals surface area contributed by atoms with Gasteiger partial charge in [-0.3, -0.25) is 4.99 Å². The second-order valence-electron chi connectivity index (χ2n) is 7.62. The summed E-state index contributed by atoms with van der Waals surface area (Å²) in [5.74, 6) is 3.99. The summed E-state index contributed by atoms with van der Waals surface area (Å²) in [4.78, 5) is 4.67. The van der Waals surface area contributed by atoms with Crippen molar-refractivity contribution in [1.29, 1.82) is 0 Å². The lowest BCUT2D eigenvalue weighted by Gasteiger charge is -2.22. The van der Waals surface area contributed by atoms with Crippen molar-refractivity contribution in [3.63, 3.8) is 0 Å². The third kappa shape index (κ3) is 6.86. The van der Waals surface area contributed by atoms with E-state index in [1.54, 1.807) is 0 Å². The van der Waals surface area contributed by atoms with E-state index >= 15 is 0 Å². The van der Waals surface area contributed by atoms with E-state index in [1.165, 1.54) is 32.1 Å². The highest BCUT2D eigenvalue weighted by Gasteiger charge is 2.38. The third-order valence-corrected chi connectivity index (χ3v) is 5.85. The van der Waals surface area contributed by atoms with Crippen molar-refractivity contribution < 1.29 is 9.47 Å². The molecule has 6 heteroatoms. The van der Waals surface area contributed by atoms with Gasteiger partial charge in [-0.05, 0) is 63.2 Å². The molecule has 0 aromatic rings. The van der Waals surface area contributed by atoms with E-state index in [0.717, 1.165) is 76.0 Å². The lowest BCUT2D eigenvalue weighted by Crippen LogP contribution is -2.38. The summed E-state index contributed by atoms with van der Waals surface area (Å²) in [5.41, 5.74) is 0. The van der Waals surface area contributed by atoms with Crippen molar-refractivity contribution in [2.45, 2.75) is 58.0 Å². The molecule has 1 saturated heterocycles. The normalized spacial score (nSPS) is 31.2. The zero-order valence-electron chi connectivity index (χ0n) is 15.7. The number of nitrogens with one attached hydrogen (secondary N) is 2. The number of ether oxygens (including phenoxy) is 2. The Balaban J connectivity index is 0.00000225. The lowest BCUT2D eigenvalue weighted by atomic mass is 9.86. The van der Waals surface area contributed by atoms with Gasteiger partial charge in [0.25, 0.3) is 0 Å². The Morgan fingerprint density at radius 1 is 1.20 bits per heavy atom. The molecular weight excluding hydrogens is 429 g/mol. The first-order chi connectivity index (χ1) is 11.8. The van der Waals surface area contributed by atoms with E-state index in [0.29, 0.717) is 6.10 Å². The van der Waals surface area contributed by atoms with E-state index in [4.69, 9.17) is 9.47 Å². The van der Waals surface area contributed by atoms with Crippen molar-refractivity contribution in [1.82, 2.24) is 10.6 Å². The molecule has 1 heterocycles. The zero-order chi connectivity index (χ0) is 16.6. The SMILES string of the molecule is CCNC(=NCCCOC1CCOC1)NCCC1CC2CCC1C2.I. The molecule has 4 atom stereocenters. The molecule has 146 valence electrons. The van der Waals surface area contributed by atoms with Gasteiger partial charge in [0.2, 0.25) is 0 Å². The van der Waals surface area contributed by atoms with Crippen LogP contribution in [0.2, 0.25) is 0 Å². The van der Waals surface area contributed by atoms with Crippen LogP contribution < -0.4 is 10.6 Å². The maximum absolute atomic E-state index is 5.79. The van der Waals surface area contributed by atoms with Crippen molar-refractivity contribution in [2.75, 3.05) is 39.5 Å². The first kappa shape index (κ1) is 21.2. The molecule has 4 unspecified atom stereocenters. The Hall–Kier alpha value is -0.0800. The van der Waals surface area contributed by atoms with Crippen LogP contribution in [-0.2, 0) is 9.47 Å². The average molecular weight is 465 g/mol. The molecule has 1 aliphatic heterocycles. The summed E-state index contributed by atoms with van der Waals surface area (Å²) in [7, 11) is 0. The summed E-state index contributed by atoms with van der Waals surface area (Å²) in [6.45, 7) is 7.29. The molecule has 0 radical (unpaired) electrons. The Labute approximate surface area is 170 Å². The molecule has 2 aliphatic carbocycles. The molecule has 3 rings (SSSR count). The maximum Gasteiger partial charge on any atom is 0.191 e. The summed E-state index contributed by atoms with van der Waals surface area (Å²) >= 11 is 0. The van der Waals surface area contributed by atoms with Gasteiger partial charge in [0.15, 0.2) is 5.96 Å². The van der Waals surface area contributed by atoms with Gasteiger partial charge < -0.3 is 20.1 Å². The summed E-state index contributed by atoms with van der Waals surface area (Å²) in [5, 5.41) is 6.87. The Bertz CT molecular complexity index is 402. The van der Waals surface area contributed by atoms with Crippen LogP contribution in [-0.4, -0.2) is 51.5 Å². The molecule has 3 fully saturated rings. The molecule has 3 aliphatic rings. The smallest absolute Gasteiger partial charge is 0.191 e. The van der Waals surface area contributed by atoms with Gasteiger partial charge in [-0.25, -0.2) is 0 Å². The van der Waals surface area contributed by atoms with Crippen LogP contribution >= 0.6 is 24.0 Å². The quantitative estimate of drug-likeness (QED) is 0.238. The van der Waals surface area contributed by atoms with Gasteiger partial charge in [0, 0.05) is 32.8 Å². The minimum Gasteiger partial charge on any atom is -0.379 e. The van der Waals surface area contributed by atoms with E-state index in [9.17, 15) is 0 Å². The van der Waals surface area contributed by atoms with Gasteiger partial charge in [0.1, 0.15) is 0 Å². The number of nitrogens with zero attached hydrogens (tertiary/aromatic N) is 1. The molecule has 0 aromatic heterocycles. The molecule has 2 saturated carbocycles. The van der Waals surface area contributed by atoms with Gasteiger partial charge >= 0.3 is 0 Å². The Kier molecular flexibility index (Phi) is 9.84. The number of hydrogen-bond acceptors (Lipinski definition) is 3. The highest BCUT2D eigenvalue weighted by atomic mass is 127. The summed E-state index contributed by atoms with van der Waals surface area (Å²) in [6, 6.07) is 0. The molecule has 2 bridgehead atoms. The number of hydrogen-bond donors (Lipinski definition) is 2. The fourth-order valence-electron chi connectivity index (χ4n) is 4.60. The second kappa shape index (κ2) is 11.6.